The molecule has 1 rings (SSSR count). The number of carbonyl (C=O) groups excluding carboxylic acids is 1. The van der Waals surface area contributed by atoms with E-state index in [0.717, 1.165) is 0 Å². The highest BCUT2D eigenvalue weighted by molar-refractivity contribution is 5.94. The van der Waals surface area contributed by atoms with E-state index < -0.39 is 0 Å². The van der Waals surface area contributed by atoms with Crippen LogP contribution in [0, 0.1) is 11.3 Å². The zero-order chi connectivity index (χ0) is 11.0. The zero-order valence-electron chi connectivity index (χ0n) is 8.66. The fraction of sp³-hybridized carbons (Fsp3) is 0.273. The summed E-state index contributed by atoms with van der Waals surface area (Å²) in [6.07, 6.45) is 0. The number of amides is 1. The molecule has 0 aromatic heterocycles. The van der Waals surface area contributed by atoms with Gasteiger partial charge in [-0.25, -0.2) is 0 Å². The highest BCUT2D eigenvalue weighted by atomic mass is 16.1. The van der Waals surface area contributed by atoms with Crippen LogP contribution in [-0.2, 0) is 0 Å². The van der Waals surface area contributed by atoms with Crippen LogP contribution < -0.4 is 5.32 Å². The average Bonchev–Trinajstić information content (AvgIpc) is 2.30. The smallest absolute Gasteiger partial charge is 0.251 e. The molecule has 1 amide bonds. The Morgan fingerprint density at radius 2 is 2.14 bits per heavy atom. The van der Waals surface area contributed by atoms with Crippen LogP contribution in [0.4, 0.5) is 0 Å². The second-order valence-corrected chi connectivity index (χ2v) is 2.27. The molecule has 0 unspecified atom stereocenters. The van der Waals surface area contributed by atoms with E-state index in [1.54, 1.807) is 31.3 Å². The molecule has 0 bridgehead atoms. The van der Waals surface area contributed by atoms with Gasteiger partial charge >= 0.3 is 0 Å². The Morgan fingerprint density at radius 1 is 1.50 bits per heavy atom. The average molecular weight is 192 g/mol. The Hall–Kier alpha value is -1.82. The molecule has 0 fully saturated rings. The second-order valence-electron chi connectivity index (χ2n) is 2.27. The van der Waals surface area contributed by atoms with Gasteiger partial charge < -0.3 is 5.32 Å². The van der Waals surface area contributed by atoms with Gasteiger partial charge in [0.25, 0.3) is 5.91 Å². The van der Waals surface area contributed by atoms with Gasteiger partial charge in [0.05, 0.1) is 11.6 Å². The van der Waals surface area contributed by atoms with Crippen LogP contribution in [0.5, 0.6) is 0 Å². The number of nitrogens with one attached hydrogen (secondary N) is 1. The van der Waals surface area contributed by atoms with Crippen LogP contribution in [0.3, 0.4) is 0 Å². The molecule has 0 aliphatic rings. The van der Waals surface area contributed by atoms with Crippen molar-refractivity contribution in [3.05, 3.63) is 35.4 Å². The van der Waals surface area contributed by atoms with Gasteiger partial charge in [-0.3, -0.25) is 4.79 Å². The number of rotatable bonds is 1. The Morgan fingerprint density at radius 3 is 2.64 bits per heavy atom. The summed E-state index contributed by atoms with van der Waals surface area (Å²) in [6.45, 7) is 4.00. The first kappa shape index (κ1) is 12.2. The summed E-state index contributed by atoms with van der Waals surface area (Å²) >= 11 is 0. The number of carbonyl (C=O) groups is 1. The summed E-state index contributed by atoms with van der Waals surface area (Å²) in [5.74, 6) is -0.174. The molecule has 0 spiro atoms. The van der Waals surface area contributed by atoms with Gasteiger partial charge in [-0.05, 0) is 18.2 Å². The fourth-order valence-corrected chi connectivity index (χ4v) is 0.874. The lowest BCUT2D eigenvalue weighted by Gasteiger charge is -1.98. The first-order valence-electron chi connectivity index (χ1n) is 4.50. The normalized spacial score (nSPS) is 7.86. The largest absolute Gasteiger partial charge is 0.355 e. The number of nitriles is 1. The van der Waals surface area contributed by atoms with E-state index in [0.29, 0.717) is 11.1 Å². The Labute approximate surface area is 85.9 Å². The molecule has 0 radical (unpaired) electrons. The molecular formula is C11H16N2O. The summed E-state index contributed by atoms with van der Waals surface area (Å²) < 4.78 is 0. The van der Waals surface area contributed by atoms with E-state index in [9.17, 15) is 4.79 Å². The second kappa shape index (κ2) is 6.67. The maximum absolute atomic E-state index is 11.1. The molecule has 0 aliphatic heterocycles. The molecule has 1 N–H and O–H groups in total. The van der Waals surface area contributed by atoms with E-state index in [1.807, 2.05) is 19.9 Å². The minimum Gasteiger partial charge on any atom is -0.355 e. The standard InChI is InChI=1S/C9H8N2O.C2H6.H2/c1-11-9(12)8-4-2-3-7(5-8)6-10;1-2;/h2-5H,1H3,(H,11,12);1-2H3;1H. The molecule has 1 aromatic carbocycles. The Bertz CT molecular complexity index is 345. The van der Waals surface area contributed by atoms with Gasteiger partial charge in [-0.15, -0.1) is 0 Å². The molecule has 0 saturated heterocycles. The molecule has 76 valence electrons. The maximum atomic E-state index is 11.1. The summed E-state index contributed by atoms with van der Waals surface area (Å²) in [4.78, 5) is 11.1. The minimum atomic E-state index is -0.174. The van der Waals surface area contributed by atoms with Crippen molar-refractivity contribution in [1.82, 2.24) is 5.32 Å². The number of nitrogens with zero attached hydrogens (tertiary/aromatic N) is 1. The molecule has 0 atom stereocenters. The van der Waals surface area contributed by atoms with E-state index in [1.165, 1.54) is 0 Å². The molecule has 14 heavy (non-hydrogen) atoms. The molecule has 0 aliphatic carbocycles. The predicted octanol–water partition coefficient (Wildman–Crippen LogP) is 2.19. The lowest BCUT2D eigenvalue weighted by atomic mass is 10.1. The van der Waals surface area contributed by atoms with Gasteiger partial charge in [0.1, 0.15) is 0 Å². The highest BCUT2D eigenvalue weighted by Gasteiger charge is 2.01. The van der Waals surface area contributed by atoms with Crippen molar-refractivity contribution in [1.29, 1.82) is 5.26 Å². The van der Waals surface area contributed by atoms with E-state index in [2.05, 4.69) is 5.32 Å². The number of hydrogen-bond donors (Lipinski definition) is 1. The Balaban J connectivity index is 0. The molecular weight excluding hydrogens is 176 g/mol. The third kappa shape index (κ3) is 3.28. The van der Waals surface area contributed by atoms with Gasteiger partial charge in [0.2, 0.25) is 0 Å². The highest BCUT2D eigenvalue weighted by Crippen LogP contribution is 2.03. The molecule has 3 nitrogen and oxygen atoms in total. The van der Waals surface area contributed by atoms with E-state index in [4.69, 9.17) is 5.26 Å². The van der Waals surface area contributed by atoms with E-state index in [-0.39, 0.29) is 7.33 Å². The van der Waals surface area contributed by atoms with Crippen LogP contribution in [0.25, 0.3) is 0 Å². The van der Waals surface area contributed by atoms with Gasteiger partial charge in [0.15, 0.2) is 0 Å². The lowest BCUT2D eigenvalue weighted by molar-refractivity contribution is 0.0963. The topological polar surface area (TPSA) is 52.9 Å². The lowest BCUT2D eigenvalue weighted by Crippen LogP contribution is -2.17. The van der Waals surface area contributed by atoms with Gasteiger partial charge in [-0.1, -0.05) is 19.9 Å². The van der Waals surface area contributed by atoms with Crippen LogP contribution in [0.1, 0.15) is 31.2 Å². The van der Waals surface area contributed by atoms with Crippen molar-refractivity contribution < 1.29 is 6.22 Å². The summed E-state index contributed by atoms with van der Waals surface area (Å²) in [5.41, 5.74) is 1.01. The van der Waals surface area contributed by atoms with Crippen molar-refractivity contribution in [3.63, 3.8) is 0 Å². The van der Waals surface area contributed by atoms with Crippen LogP contribution >= 0.6 is 0 Å². The van der Waals surface area contributed by atoms with Gasteiger partial charge in [0, 0.05) is 14.0 Å². The first-order chi connectivity index (χ1) is 6.77. The third-order valence-electron chi connectivity index (χ3n) is 1.48. The third-order valence-corrected chi connectivity index (χ3v) is 1.48. The van der Waals surface area contributed by atoms with Crippen LogP contribution in [-0.4, -0.2) is 13.0 Å². The minimum absolute atomic E-state index is 0. The number of hydrogen-bond acceptors (Lipinski definition) is 2. The molecule has 1 aromatic rings. The predicted molar refractivity (Wildman–Crippen MR) is 58.0 cm³/mol. The Kier molecular flexibility index (Phi) is 5.80. The van der Waals surface area contributed by atoms with Crippen molar-refractivity contribution in [2.24, 2.45) is 0 Å². The SMILES string of the molecule is CC.CNC(=O)c1cccc(C#N)c1.[HH]. The summed E-state index contributed by atoms with van der Waals surface area (Å²) in [7, 11) is 1.56. The van der Waals surface area contributed by atoms with E-state index >= 15 is 0 Å². The summed E-state index contributed by atoms with van der Waals surface area (Å²) in [5, 5.41) is 11.0. The van der Waals surface area contributed by atoms with Crippen molar-refractivity contribution in [3.8, 4) is 6.07 Å². The van der Waals surface area contributed by atoms with Gasteiger partial charge in [-0.2, -0.15) is 5.26 Å². The van der Waals surface area contributed by atoms with Crippen molar-refractivity contribution >= 4 is 5.91 Å². The first-order valence-corrected chi connectivity index (χ1v) is 4.50. The van der Waals surface area contributed by atoms with Crippen LogP contribution in [0.15, 0.2) is 24.3 Å². The monoisotopic (exact) mass is 192 g/mol. The molecule has 0 heterocycles. The molecule has 0 saturated carbocycles. The maximum Gasteiger partial charge on any atom is 0.251 e. The zero-order valence-corrected chi connectivity index (χ0v) is 8.66. The van der Waals surface area contributed by atoms with Crippen LogP contribution in [0.2, 0.25) is 0 Å². The molecule has 3 heteroatoms. The number of benzene rings is 1. The quantitative estimate of drug-likeness (QED) is 0.741. The van der Waals surface area contributed by atoms with Crippen molar-refractivity contribution in [2.75, 3.05) is 7.05 Å². The summed E-state index contributed by atoms with van der Waals surface area (Å²) in [6, 6.07) is 8.53. The fourth-order valence-electron chi connectivity index (χ4n) is 0.874. The van der Waals surface area contributed by atoms with Crippen molar-refractivity contribution in [2.45, 2.75) is 13.8 Å².